The van der Waals surface area contributed by atoms with Crippen LogP contribution in [-0.2, 0) is 6.54 Å². The summed E-state index contributed by atoms with van der Waals surface area (Å²) in [6.45, 7) is 5.79. The minimum Gasteiger partial charge on any atom is -0.396 e. The average molecular weight is 308 g/mol. The van der Waals surface area contributed by atoms with Crippen LogP contribution >= 0.6 is 0 Å². The Morgan fingerprint density at radius 3 is 2.52 bits per heavy atom. The monoisotopic (exact) mass is 308 g/mol. The normalized spacial score (nSPS) is 12.6. The maximum absolute atomic E-state index is 9.75. The topological polar surface area (TPSA) is 56.0 Å². The largest absolute Gasteiger partial charge is 0.396 e. The van der Waals surface area contributed by atoms with Crippen LogP contribution in [0.3, 0.4) is 0 Å². The maximum Gasteiger partial charge on any atom is 0.0991 e. The lowest BCUT2D eigenvalue weighted by Crippen LogP contribution is -2.34. The van der Waals surface area contributed by atoms with Gasteiger partial charge in [-0.1, -0.05) is 56.3 Å². The number of benzene rings is 2. The highest BCUT2D eigenvalue weighted by Crippen LogP contribution is 2.34. The van der Waals surface area contributed by atoms with Gasteiger partial charge in [0, 0.05) is 25.6 Å². The van der Waals surface area contributed by atoms with Gasteiger partial charge in [0.25, 0.3) is 0 Å². The molecule has 0 aliphatic rings. The predicted octanol–water partition coefficient (Wildman–Crippen LogP) is 3.45. The van der Waals surface area contributed by atoms with Gasteiger partial charge < -0.3 is 10.4 Å². The Labute approximate surface area is 138 Å². The third-order valence-corrected chi connectivity index (χ3v) is 4.29. The molecule has 1 atom stereocenters. The van der Waals surface area contributed by atoms with Gasteiger partial charge >= 0.3 is 0 Å². The highest BCUT2D eigenvalue weighted by atomic mass is 16.3. The Kier molecular flexibility index (Phi) is 5.92. The third kappa shape index (κ3) is 4.66. The zero-order chi connectivity index (χ0) is 16.7. The van der Waals surface area contributed by atoms with Gasteiger partial charge in [0.1, 0.15) is 0 Å². The van der Waals surface area contributed by atoms with Crippen LogP contribution in [-0.4, -0.2) is 18.3 Å². The number of hydrogen-bond acceptors (Lipinski definition) is 3. The number of aliphatic hydroxyl groups is 1. The number of nitrogens with zero attached hydrogens (tertiary/aromatic N) is 1. The van der Waals surface area contributed by atoms with E-state index in [0.717, 1.165) is 12.1 Å². The summed E-state index contributed by atoms with van der Waals surface area (Å²) >= 11 is 0. The Hall–Kier alpha value is -2.15. The van der Waals surface area contributed by atoms with Crippen LogP contribution in [0, 0.1) is 16.7 Å². The zero-order valence-electron chi connectivity index (χ0n) is 13.8. The van der Waals surface area contributed by atoms with Crippen molar-refractivity contribution in [3.63, 3.8) is 0 Å². The lowest BCUT2D eigenvalue weighted by molar-refractivity contribution is 0.129. The first-order valence-corrected chi connectivity index (χ1v) is 7.92. The highest BCUT2D eigenvalue weighted by Gasteiger charge is 2.29. The van der Waals surface area contributed by atoms with E-state index < -0.39 is 0 Å². The fourth-order valence-corrected chi connectivity index (χ4v) is 2.75. The van der Waals surface area contributed by atoms with Crippen LogP contribution in [0.1, 0.15) is 36.5 Å². The van der Waals surface area contributed by atoms with E-state index in [1.165, 1.54) is 5.56 Å². The molecule has 2 aromatic carbocycles. The van der Waals surface area contributed by atoms with Crippen LogP contribution in [0.5, 0.6) is 0 Å². The second-order valence-electron chi connectivity index (χ2n) is 6.55. The summed E-state index contributed by atoms with van der Waals surface area (Å²) in [6.07, 6.45) is 0. The number of aliphatic hydroxyl groups excluding tert-OH is 1. The molecule has 3 heteroatoms. The van der Waals surface area contributed by atoms with Crippen molar-refractivity contribution < 1.29 is 5.11 Å². The molecule has 0 saturated carbocycles. The van der Waals surface area contributed by atoms with Gasteiger partial charge in [-0.05, 0) is 28.7 Å². The summed E-state index contributed by atoms with van der Waals surface area (Å²) in [5, 5.41) is 22.2. The third-order valence-electron chi connectivity index (χ3n) is 4.29. The zero-order valence-corrected chi connectivity index (χ0v) is 13.8. The lowest BCUT2D eigenvalue weighted by Gasteiger charge is -2.33. The predicted molar refractivity (Wildman–Crippen MR) is 92.9 cm³/mol. The fourth-order valence-electron chi connectivity index (χ4n) is 2.75. The quantitative estimate of drug-likeness (QED) is 0.823. The first-order valence-electron chi connectivity index (χ1n) is 7.92. The summed E-state index contributed by atoms with van der Waals surface area (Å²) in [4.78, 5) is 0. The van der Waals surface area contributed by atoms with Crippen LogP contribution in [0.2, 0.25) is 0 Å². The van der Waals surface area contributed by atoms with E-state index in [1.54, 1.807) is 0 Å². The van der Waals surface area contributed by atoms with E-state index in [0.29, 0.717) is 12.1 Å². The summed E-state index contributed by atoms with van der Waals surface area (Å²) < 4.78 is 0. The molecule has 0 bridgehead atoms. The molecule has 0 fully saturated rings. The molecule has 3 nitrogen and oxygen atoms in total. The Bertz CT molecular complexity index is 659. The van der Waals surface area contributed by atoms with Gasteiger partial charge in [-0.3, -0.25) is 0 Å². The van der Waals surface area contributed by atoms with Gasteiger partial charge in [0.15, 0.2) is 0 Å². The van der Waals surface area contributed by atoms with Gasteiger partial charge in [-0.25, -0.2) is 0 Å². The molecule has 1 unspecified atom stereocenters. The number of nitriles is 1. The molecular formula is C20H24N2O. The molecule has 0 radical (unpaired) electrons. The molecular weight excluding hydrogens is 284 g/mol. The van der Waals surface area contributed by atoms with Crippen LogP contribution in [0.15, 0.2) is 54.6 Å². The van der Waals surface area contributed by atoms with Crippen molar-refractivity contribution in [1.29, 1.82) is 5.26 Å². The van der Waals surface area contributed by atoms with E-state index in [-0.39, 0.29) is 17.9 Å². The van der Waals surface area contributed by atoms with Crippen LogP contribution in [0.4, 0.5) is 0 Å². The van der Waals surface area contributed by atoms with Gasteiger partial charge in [-0.15, -0.1) is 0 Å². The molecule has 0 aromatic heterocycles. The van der Waals surface area contributed by atoms with Crippen molar-refractivity contribution in [2.45, 2.75) is 26.3 Å². The van der Waals surface area contributed by atoms with Crippen LogP contribution < -0.4 is 5.32 Å². The van der Waals surface area contributed by atoms with Crippen LogP contribution in [0.25, 0.3) is 0 Å². The van der Waals surface area contributed by atoms with Crippen molar-refractivity contribution in [2.75, 3.05) is 13.2 Å². The number of nitrogens with one attached hydrogen (secondary N) is 1. The molecule has 2 rings (SSSR count). The van der Waals surface area contributed by atoms with E-state index >= 15 is 0 Å². The lowest BCUT2D eigenvalue weighted by atomic mass is 9.75. The van der Waals surface area contributed by atoms with Gasteiger partial charge in [0.05, 0.1) is 11.6 Å². The first kappa shape index (κ1) is 17.2. The van der Waals surface area contributed by atoms with Crippen molar-refractivity contribution in [3.05, 3.63) is 71.3 Å². The molecule has 2 N–H and O–H groups in total. The maximum atomic E-state index is 9.75. The molecule has 23 heavy (non-hydrogen) atoms. The van der Waals surface area contributed by atoms with Crippen molar-refractivity contribution >= 4 is 0 Å². The van der Waals surface area contributed by atoms with E-state index in [9.17, 15) is 5.11 Å². The van der Waals surface area contributed by atoms with Crippen molar-refractivity contribution in [3.8, 4) is 6.07 Å². The first-order chi connectivity index (χ1) is 11.1. The van der Waals surface area contributed by atoms with E-state index in [4.69, 9.17) is 5.26 Å². The minimum atomic E-state index is -0.206. The highest BCUT2D eigenvalue weighted by molar-refractivity contribution is 5.32. The van der Waals surface area contributed by atoms with Crippen molar-refractivity contribution in [1.82, 2.24) is 5.32 Å². The summed E-state index contributed by atoms with van der Waals surface area (Å²) in [7, 11) is 0. The van der Waals surface area contributed by atoms with E-state index in [1.807, 2.05) is 42.5 Å². The van der Waals surface area contributed by atoms with Gasteiger partial charge in [0.2, 0.25) is 0 Å². The average Bonchev–Trinajstić information content (AvgIpc) is 2.59. The molecule has 2 aromatic rings. The van der Waals surface area contributed by atoms with Gasteiger partial charge in [-0.2, -0.15) is 5.26 Å². The minimum absolute atomic E-state index is 0.137. The second-order valence-corrected chi connectivity index (χ2v) is 6.55. The summed E-state index contributed by atoms with van der Waals surface area (Å²) in [5.41, 5.74) is 2.80. The molecule has 0 amide bonds. The smallest absolute Gasteiger partial charge is 0.0991 e. The molecule has 0 spiro atoms. The Morgan fingerprint density at radius 1 is 1.13 bits per heavy atom. The van der Waals surface area contributed by atoms with E-state index in [2.05, 4.69) is 37.4 Å². The summed E-state index contributed by atoms with van der Waals surface area (Å²) in [5.74, 6) is 0.216. The molecule has 120 valence electrons. The Balaban J connectivity index is 2.06. The number of hydrogen-bond donors (Lipinski definition) is 2. The fraction of sp³-hybridized carbons (Fsp3) is 0.350. The second kappa shape index (κ2) is 7.92. The molecule has 0 saturated heterocycles. The molecule has 0 aliphatic heterocycles. The standard InChI is InChI=1S/C20H24N2O/c1-20(2,15-23)19(18-9-4-3-5-10-18)14-22-13-17-8-6-7-16(11-17)12-21/h3-11,19,22-23H,13-15H2,1-2H3. The molecule has 0 heterocycles. The number of rotatable bonds is 7. The Morgan fingerprint density at radius 2 is 1.87 bits per heavy atom. The molecule has 0 aliphatic carbocycles. The summed E-state index contributed by atoms with van der Waals surface area (Å²) in [6, 6.07) is 20.1. The van der Waals surface area contributed by atoms with Crippen molar-refractivity contribution in [2.24, 2.45) is 5.41 Å². The SMILES string of the molecule is CC(C)(CO)C(CNCc1cccc(C#N)c1)c1ccccc1.